The maximum absolute atomic E-state index is 12.8. The quantitative estimate of drug-likeness (QED) is 0.775. The zero-order valence-electron chi connectivity index (χ0n) is 9.66. The predicted molar refractivity (Wildman–Crippen MR) is 61.1 cm³/mol. The number of ether oxygens (including phenoxy) is 1. The van der Waals surface area contributed by atoms with Crippen LogP contribution < -0.4 is 10.1 Å². The second kappa shape index (κ2) is 5.82. The molecule has 0 aromatic heterocycles. The highest BCUT2D eigenvalue weighted by molar-refractivity contribution is 5.22. The Balaban J connectivity index is 2.41. The summed E-state index contributed by atoms with van der Waals surface area (Å²) in [7, 11) is 1.79. The van der Waals surface area contributed by atoms with Crippen LogP contribution >= 0.6 is 0 Å². The van der Waals surface area contributed by atoms with Gasteiger partial charge in [-0.1, -0.05) is 6.07 Å². The fourth-order valence-corrected chi connectivity index (χ4v) is 1.23. The minimum atomic E-state index is -0.354. The van der Waals surface area contributed by atoms with Crippen molar-refractivity contribution in [3.8, 4) is 5.75 Å². The Labute approximate surface area is 95.2 Å². The fourth-order valence-electron chi connectivity index (χ4n) is 1.23. The van der Waals surface area contributed by atoms with Crippen LogP contribution in [-0.4, -0.2) is 30.9 Å². The second-order valence-corrected chi connectivity index (χ2v) is 4.02. The lowest BCUT2D eigenvalue weighted by Gasteiger charge is -2.26. The van der Waals surface area contributed by atoms with E-state index in [4.69, 9.17) is 9.84 Å². The van der Waals surface area contributed by atoms with Gasteiger partial charge in [0.25, 0.3) is 0 Å². The molecular weight excluding hydrogens is 209 g/mol. The molecule has 4 heteroatoms. The van der Waals surface area contributed by atoms with Crippen LogP contribution in [0.4, 0.5) is 4.39 Å². The number of hydrogen-bond acceptors (Lipinski definition) is 3. The zero-order chi connectivity index (χ0) is 12.0. The summed E-state index contributed by atoms with van der Waals surface area (Å²) in [6.07, 6.45) is 0.649. The van der Waals surface area contributed by atoms with Crippen LogP contribution in [0, 0.1) is 5.82 Å². The van der Waals surface area contributed by atoms with E-state index in [2.05, 4.69) is 5.32 Å². The molecule has 0 aliphatic carbocycles. The first kappa shape index (κ1) is 12.9. The summed E-state index contributed by atoms with van der Waals surface area (Å²) in [4.78, 5) is 0. The van der Waals surface area contributed by atoms with Gasteiger partial charge < -0.3 is 15.2 Å². The Hall–Kier alpha value is -1.13. The summed E-state index contributed by atoms with van der Waals surface area (Å²) < 4.78 is 18.2. The molecule has 1 atom stereocenters. The first-order chi connectivity index (χ1) is 7.59. The number of likely N-dealkylation sites (N-methyl/N-ethyl adjacent to an activating group) is 1. The summed E-state index contributed by atoms with van der Waals surface area (Å²) in [5.74, 6) is 0.201. The topological polar surface area (TPSA) is 41.5 Å². The van der Waals surface area contributed by atoms with Crippen molar-refractivity contribution in [3.63, 3.8) is 0 Å². The Morgan fingerprint density at radius 3 is 2.81 bits per heavy atom. The lowest BCUT2D eigenvalue weighted by molar-refractivity contribution is 0.151. The molecule has 0 heterocycles. The number of hydrogen-bond donors (Lipinski definition) is 2. The third-order valence-electron chi connectivity index (χ3n) is 2.67. The minimum absolute atomic E-state index is 0.0377. The normalized spacial score (nSPS) is 14.5. The highest BCUT2D eigenvalue weighted by Crippen LogP contribution is 2.14. The zero-order valence-corrected chi connectivity index (χ0v) is 9.66. The van der Waals surface area contributed by atoms with Crippen LogP contribution in [0.5, 0.6) is 5.75 Å². The molecule has 1 aromatic carbocycles. The number of aliphatic hydroxyl groups excluding tert-OH is 1. The first-order valence-electron chi connectivity index (χ1n) is 5.28. The molecule has 0 amide bonds. The number of nitrogens with one attached hydrogen (secondary N) is 1. The molecular formula is C12H18FNO2. The monoisotopic (exact) mass is 227 g/mol. The van der Waals surface area contributed by atoms with Gasteiger partial charge in [-0.3, -0.25) is 0 Å². The SMILES string of the molecule is CNC(C)(CO)CCOc1cccc(F)c1. The summed E-state index contributed by atoms with van der Waals surface area (Å²) in [6.45, 7) is 2.37. The minimum Gasteiger partial charge on any atom is -0.493 e. The molecule has 0 saturated carbocycles. The van der Waals surface area contributed by atoms with Gasteiger partial charge in [-0.25, -0.2) is 4.39 Å². The predicted octanol–water partition coefficient (Wildman–Crippen LogP) is 1.56. The largest absolute Gasteiger partial charge is 0.493 e. The lowest BCUT2D eigenvalue weighted by atomic mass is 10.0. The van der Waals surface area contributed by atoms with E-state index < -0.39 is 0 Å². The molecule has 90 valence electrons. The fraction of sp³-hybridized carbons (Fsp3) is 0.500. The Bertz CT molecular complexity index is 327. The molecule has 0 bridgehead atoms. The van der Waals surface area contributed by atoms with Crippen molar-refractivity contribution < 1.29 is 14.2 Å². The van der Waals surface area contributed by atoms with Crippen molar-refractivity contribution in [1.29, 1.82) is 0 Å². The van der Waals surface area contributed by atoms with Gasteiger partial charge in [-0.15, -0.1) is 0 Å². The Morgan fingerprint density at radius 2 is 2.25 bits per heavy atom. The van der Waals surface area contributed by atoms with Crippen molar-refractivity contribution in [2.24, 2.45) is 0 Å². The number of aliphatic hydroxyl groups is 1. The van der Waals surface area contributed by atoms with E-state index in [-0.39, 0.29) is 18.0 Å². The maximum Gasteiger partial charge on any atom is 0.126 e. The number of benzene rings is 1. The molecule has 0 aliphatic heterocycles. The van der Waals surface area contributed by atoms with Crippen molar-refractivity contribution >= 4 is 0 Å². The van der Waals surface area contributed by atoms with Crippen LogP contribution in [0.3, 0.4) is 0 Å². The van der Waals surface area contributed by atoms with Crippen molar-refractivity contribution in [3.05, 3.63) is 30.1 Å². The summed E-state index contributed by atoms with van der Waals surface area (Å²) in [5.41, 5.74) is -0.354. The number of halogens is 1. The van der Waals surface area contributed by atoms with Gasteiger partial charge in [0.2, 0.25) is 0 Å². The standard InChI is InChI=1S/C12H18FNO2/c1-12(9-15,14-2)6-7-16-11-5-3-4-10(13)8-11/h3-5,8,14-15H,6-7,9H2,1-2H3. The van der Waals surface area contributed by atoms with Crippen LogP contribution in [-0.2, 0) is 0 Å². The third-order valence-corrected chi connectivity index (χ3v) is 2.67. The molecule has 1 unspecified atom stereocenters. The lowest BCUT2D eigenvalue weighted by Crippen LogP contribution is -2.44. The average molecular weight is 227 g/mol. The van der Waals surface area contributed by atoms with Gasteiger partial charge in [0.1, 0.15) is 11.6 Å². The van der Waals surface area contributed by atoms with E-state index in [1.54, 1.807) is 19.2 Å². The molecule has 1 aromatic rings. The van der Waals surface area contributed by atoms with E-state index >= 15 is 0 Å². The molecule has 3 nitrogen and oxygen atoms in total. The van der Waals surface area contributed by atoms with Crippen LogP contribution in [0.25, 0.3) is 0 Å². The maximum atomic E-state index is 12.8. The second-order valence-electron chi connectivity index (χ2n) is 4.02. The van der Waals surface area contributed by atoms with E-state index in [0.29, 0.717) is 18.8 Å². The van der Waals surface area contributed by atoms with Gasteiger partial charge >= 0.3 is 0 Å². The van der Waals surface area contributed by atoms with Crippen molar-refractivity contribution in [1.82, 2.24) is 5.32 Å². The third kappa shape index (κ3) is 3.79. The van der Waals surface area contributed by atoms with Gasteiger partial charge in [0.15, 0.2) is 0 Å². The first-order valence-corrected chi connectivity index (χ1v) is 5.28. The van der Waals surface area contributed by atoms with Crippen molar-refractivity contribution in [2.75, 3.05) is 20.3 Å². The van der Waals surface area contributed by atoms with Crippen LogP contribution in [0.15, 0.2) is 24.3 Å². The Morgan fingerprint density at radius 1 is 1.50 bits per heavy atom. The van der Waals surface area contributed by atoms with E-state index in [0.717, 1.165) is 0 Å². The molecule has 0 radical (unpaired) electrons. The highest BCUT2D eigenvalue weighted by atomic mass is 19.1. The molecule has 0 spiro atoms. The molecule has 0 saturated heterocycles. The molecule has 1 rings (SSSR count). The van der Waals surface area contributed by atoms with Gasteiger partial charge in [0.05, 0.1) is 13.2 Å². The molecule has 0 aliphatic rings. The summed E-state index contributed by atoms with van der Waals surface area (Å²) in [6, 6.07) is 6.03. The molecule has 16 heavy (non-hydrogen) atoms. The van der Waals surface area contributed by atoms with Gasteiger partial charge in [0, 0.05) is 18.0 Å². The Kier molecular flexibility index (Phi) is 4.71. The molecule has 0 fully saturated rings. The van der Waals surface area contributed by atoms with Crippen LogP contribution in [0.1, 0.15) is 13.3 Å². The van der Waals surface area contributed by atoms with E-state index in [1.807, 2.05) is 6.92 Å². The highest BCUT2D eigenvalue weighted by Gasteiger charge is 2.20. The van der Waals surface area contributed by atoms with Crippen LogP contribution in [0.2, 0.25) is 0 Å². The number of rotatable bonds is 6. The van der Waals surface area contributed by atoms with E-state index in [1.165, 1.54) is 12.1 Å². The summed E-state index contributed by atoms with van der Waals surface area (Å²) >= 11 is 0. The molecule has 2 N–H and O–H groups in total. The van der Waals surface area contributed by atoms with Gasteiger partial charge in [-0.05, 0) is 26.1 Å². The smallest absolute Gasteiger partial charge is 0.126 e. The van der Waals surface area contributed by atoms with Crippen molar-refractivity contribution in [2.45, 2.75) is 18.9 Å². The van der Waals surface area contributed by atoms with E-state index in [9.17, 15) is 4.39 Å². The van der Waals surface area contributed by atoms with Gasteiger partial charge in [-0.2, -0.15) is 0 Å². The summed E-state index contributed by atoms with van der Waals surface area (Å²) in [5, 5.41) is 12.2. The average Bonchev–Trinajstić information content (AvgIpc) is 2.29.